The molecule has 112 valence electrons. The molecule has 2 aromatic rings. The largest absolute Gasteiger partial charge is 0.464 e. The number of nitrogens with one attached hydrogen (secondary N) is 2. The first-order valence-electron chi connectivity index (χ1n) is 5.74. The van der Waals surface area contributed by atoms with Crippen LogP contribution in [0.15, 0.2) is 19.9 Å². The molecule has 0 saturated carbocycles. The maximum absolute atomic E-state index is 11.3. The number of aromatic amines is 1. The summed E-state index contributed by atoms with van der Waals surface area (Å²) < 4.78 is 6.47. The lowest BCUT2D eigenvalue weighted by atomic mass is 10.8. The third-order valence-electron chi connectivity index (χ3n) is 2.13. The van der Waals surface area contributed by atoms with E-state index in [4.69, 9.17) is 10.6 Å². The van der Waals surface area contributed by atoms with Crippen LogP contribution < -0.4 is 27.1 Å². The predicted molar refractivity (Wildman–Crippen MR) is 73.0 cm³/mol. The Labute approximate surface area is 121 Å². The van der Waals surface area contributed by atoms with Gasteiger partial charge in [-0.1, -0.05) is 0 Å². The average Bonchev–Trinajstić information content (AvgIpc) is 2.45. The highest BCUT2D eigenvalue weighted by Gasteiger charge is 2.12. The smallest absolute Gasteiger partial charge is 0.339 e. The molecule has 0 saturated heterocycles. The van der Waals surface area contributed by atoms with Crippen LogP contribution in [-0.4, -0.2) is 36.3 Å². The summed E-state index contributed by atoms with van der Waals surface area (Å²) in [5, 5.41) is 2.73. The van der Waals surface area contributed by atoms with Crippen molar-refractivity contribution < 1.29 is 4.74 Å². The van der Waals surface area contributed by atoms with Crippen molar-refractivity contribution in [3.8, 4) is 6.01 Å². The van der Waals surface area contributed by atoms with Crippen molar-refractivity contribution >= 4 is 17.7 Å². The number of nitrogens with zero attached hydrogens (tertiary/aromatic N) is 5. The molecular formula is C9H12N8O3S. The molecule has 11 nitrogen and oxygen atoms in total. The molecule has 0 amide bonds. The third kappa shape index (κ3) is 3.55. The van der Waals surface area contributed by atoms with Gasteiger partial charge in [-0.25, -0.2) is 5.84 Å². The summed E-state index contributed by atoms with van der Waals surface area (Å²) in [5.41, 5.74) is 0.580. The Kier molecular flexibility index (Phi) is 4.49. The van der Waals surface area contributed by atoms with Gasteiger partial charge in [-0.3, -0.25) is 24.8 Å². The number of hydrazine groups is 1. The molecule has 12 heteroatoms. The zero-order valence-corrected chi connectivity index (χ0v) is 12.0. The fourth-order valence-electron chi connectivity index (χ4n) is 1.28. The Balaban J connectivity index is 2.39. The lowest BCUT2D eigenvalue weighted by Crippen LogP contribution is -2.33. The molecule has 2 aromatic heterocycles. The first-order chi connectivity index (χ1) is 10.0. The van der Waals surface area contributed by atoms with Crippen molar-refractivity contribution in [3.05, 3.63) is 20.7 Å². The molecule has 2 rings (SSSR count). The maximum atomic E-state index is 11.3. The first-order valence-corrected chi connectivity index (χ1v) is 6.55. The number of hydrogen-bond acceptors (Lipinski definition) is 10. The number of nitrogens with two attached hydrogens (primary N) is 1. The van der Waals surface area contributed by atoms with Gasteiger partial charge >= 0.3 is 17.1 Å². The highest BCUT2D eigenvalue weighted by Crippen LogP contribution is 2.22. The standard InChI is InChI=1S/C9H12N8O3S/c1-3-20-7-12-6(15-10)13-8(14-7)21-9-11-4(18)5(19)16-17(9)2/h3,10H2,1-2H3,(H,16,19)(H,12,13,14,15). The molecule has 0 aromatic carbocycles. The number of aryl methyl sites for hydroxylation is 1. The summed E-state index contributed by atoms with van der Waals surface area (Å²) in [6.45, 7) is 2.15. The van der Waals surface area contributed by atoms with Gasteiger partial charge in [0.05, 0.1) is 6.61 Å². The zero-order valence-electron chi connectivity index (χ0n) is 11.2. The molecule has 0 atom stereocenters. The van der Waals surface area contributed by atoms with Gasteiger partial charge in [0.2, 0.25) is 11.1 Å². The Hall–Kier alpha value is -2.47. The van der Waals surface area contributed by atoms with Crippen LogP contribution in [0.25, 0.3) is 0 Å². The van der Waals surface area contributed by atoms with Crippen LogP contribution in [0.2, 0.25) is 0 Å². The summed E-state index contributed by atoms with van der Waals surface area (Å²) in [6.07, 6.45) is 0. The van der Waals surface area contributed by atoms with E-state index in [2.05, 4.69) is 30.5 Å². The molecule has 4 N–H and O–H groups in total. The van der Waals surface area contributed by atoms with Gasteiger partial charge in [-0.05, 0) is 18.7 Å². The SMILES string of the molecule is CCOc1nc(NN)nc(Sc2nc(=O)c(=O)[nH]n2C)n1. The fourth-order valence-corrected chi connectivity index (χ4v) is 2.01. The molecule has 2 heterocycles. The lowest BCUT2D eigenvalue weighted by Gasteiger charge is -2.07. The molecule has 0 unspecified atom stereocenters. The van der Waals surface area contributed by atoms with Gasteiger partial charge in [0.25, 0.3) is 0 Å². The van der Waals surface area contributed by atoms with E-state index in [1.165, 1.54) is 11.7 Å². The summed E-state index contributed by atoms with van der Waals surface area (Å²) in [4.78, 5) is 38.0. The minimum atomic E-state index is -0.896. The first kappa shape index (κ1) is 14.9. The van der Waals surface area contributed by atoms with Crippen molar-refractivity contribution in [3.63, 3.8) is 0 Å². The van der Waals surface area contributed by atoms with Gasteiger partial charge in [-0.2, -0.15) is 19.9 Å². The number of rotatable bonds is 5. The molecule has 21 heavy (non-hydrogen) atoms. The van der Waals surface area contributed by atoms with Crippen LogP contribution in [-0.2, 0) is 7.05 Å². The number of nitrogen functional groups attached to an aromatic ring is 1. The van der Waals surface area contributed by atoms with Gasteiger partial charge in [0.15, 0.2) is 5.16 Å². The van der Waals surface area contributed by atoms with E-state index in [1.807, 2.05) is 0 Å². The average molecular weight is 312 g/mol. The summed E-state index contributed by atoms with van der Waals surface area (Å²) >= 11 is 0.951. The van der Waals surface area contributed by atoms with Crippen LogP contribution in [0.5, 0.6) is 6.01 Å². The minimum Gasteiger partial charge on any atom is -0.464 e. The number of aromatic nitrogens is 6. The van der Waals surface area contributed by atoms with Gasteiger partial charge in [-0.15, -0.1) is 0 Å². The van der Waals surface area contributed by atoms with Crippen LogP contribution in [0.1, 0.15) is 6.92 Å². The Morgan fingerprint density at radius 1 is 1.33 bits per heavy atom. The number of hydrogen-bond donors (Lipinski definition) is 3. The molecule has 0 aliphatic carbocycles. The van der Waals surface area contributed by atoms with E-state index in [-0.39, 0.29) is 22.3 Å². The Morgan fingerprint density at radius 2 is 2.10 bits per heavy atom. The molecule has 0 radical (unpaired) electrons. The van der Waals surface area contributed by atoms with Gasteiger partial charge in [0.1, 0.15) is 0 Å². The normalized spacial score (nSPS) is 10.4. The second-order valence-electron chi connectivity index (χ2n) is 3.60. The molecule has 0 aliphatic rings. The maximum Gasteiger partial charge on any atom is 0.339 e. The summed E-state index contributed by atoms with van der Waals surface area (Å²) in [6, 6.07) is 0.0809. The van der Waals surface area contributed by atoms with Crippen LogP contribution in [0.4, 0.5) is 5.95 Å². The van der Waals surface area contributed by atoms with Crippen molar-refractivity contribution in [2.75, 3.05) is 12.0 Å². The monoisotopic (exact) mass is 312 g/mol. The summed E-state index contributed by atoms with van der Waals surface area (Å²) in [5.74, 6) is 5.37. The van der Waals surface area contributed by atoms with Crippen molar-refractivity contribution in [2.45, 2.75) is 17.2 Å². The van der Waals surface area contributed by atoms with Gasteiger partial charge in [0, 0.05) is 7.05 Å². The van der Waals surface area contributed by atoms with E-state index in [1.54, 1.807) is 6.92 Å². The Bertz CT molecular complexity index is 757. The summed E-state index contributed by atoms with van der Waals surface area (Å²) in [7, 11) is 1.53. The van der Waals surface area contributed by atoms with Crippen molar-refractivity contribution in [1.29, 1.82) is 0 Å². The third-order valence-corrected chi connectivity index (χ3v) is 3.04. The van der Waals surface area contributed by atoms with E-state index < -0.39 is 11.1 Å². The van der Waals surface area contributed by atoms with E-state index in [9.17, 15) is 9.59 Å². The van der Waals surface area contributed by atoms with Crippen LogP contribution in [0.3, 0.4) is 0 Å². The van der Waals surface area contributed by atoms with Crippen molar-refractivity contribution in [2.24, 2.45) is 12.9 Å². The molecule has 0 bridgehead atoms. The van der Waals surface area contributed by atoms with E-state index in [0.29, 0.717) is 6.61 Å². The van der Waals surface area contributed by atoms with Crippen molar-refractivity contribution in [1.82, 2.24) is 29.7 Å². The quantitative estimate of drug-likeness (QED) is 0.337. The van der Waals surface area contributed by atoms with Gasteiger partial charge < -0.3 is 4.74 Å². The molecule has 0 fully saturated rings. The highest BCUT2D eigenvalue weighted by molar-refractivity contribution is 7.99. The number of anilines is 1. The lowest BCUT2D eigenvalue weighted by molar-refractivity contribution is 0.308. The highest BCUT2D eigenvalue weighted by atomic mass is 32.2. The van der Waals surface area contributed by atoms with E-state index >= 15 is 0 Å². The predicted octanol–water partition coefficient (Wildman–Crippen LogP) is -1.51. The number of H-pyrrole nitrogens is 1. The topological polar surface area (TPSA) is 154 Å². The second kappa shape index (κ2) is 6.32. The molecule has 0 aliphatic heterocycles. The van der Waals surface area contributed by atoms with Crippen LogP contribution >= 0.6 is 11.8 Å². The van der Waals surface area contributed by atoms with E-state index in [0.717, 1.165) is 11.8 Å². The fraction of sp³-hybridized carbons (Fsp3) is 0.333. The molecule has 0 spiro atoms. The second-order valence-corrected chi connectivity index (χ2v) is 4.54. The molecular weight excluding hydrogens is 300 g/mol. The Morgan fingerprint density at radius 3 is 2.76 bits per heavy atom. The minimum absolute atomic E-state index is 0.0809. The zero-order chi connectivity index (χ0) is 15.4. The number of ether oxygens (including phenoxy) is 1. The van der Waals surface area contributed by atoms with Crippen LogP contribution in [0, 0.1) is 0 Å².